The number of amides is 2. The number of nitrogens with one attached hydrogen (secondary N) is 2. The van der Waals surface area contributed by atoms with Crippen molar-refractivity contribution in [2.75, 3.05) is 18.5 Å². The van der Waals surface area contributed by atoms with E-state index in [9.17, 15) is 4.79 Å². The van der Waals surface area contributed by atoms with E-state index in [1.165, 1.54) is 0 Å². The Hall–Kier alpha value is -3.72. The first-order valence-electron chi connectivity index (χ1n) is 8.56. The fraction of sp³-hybridized carbons (Fsp3) is 0.143. The Morgan fingerprint density at radius 3 is 2.63 bits per heavy atom. The summed E-state index contributed by atoms with van der Waals surface area (Å²) < 4.78 is 7.04. The fourth-order valence-electron chi connectivity index (χ4n) is 2.47. The molecule has 6 heteroatoms. The number of carbonyl (C=O) groups is 1. The molecule has 0 saturated carbocycles. The molecule has 6 nitrogen and oxygen atoms in total. The zero-order valence-corrected chi connectivity index (χ0v) is 14.8. The third-order valence-electron chi connectivity index (χ3n) is 3.80. The van der Waals surface area contributed by atoms with Gasteiger partial charge in [-0.3, -0.25) is 5.32 Å². The number of terminal acetylenes is 1. The van der Waals surface area contributed by atoms with Crippen LogP contribution in [0.4, 0.5) is 10.6 Å². The molecule has 0 spiro atoms. The third-order valence-corrected chi connectivity index (χ3v) is 3.80. The van der Waals surface area contributed by atoms with Gasteiger partial charge in [-0.25, -0.2) is 9.48 Å². The van der Waals surface area contributed by atoms with Crippen LogP contribution in [0.5, 0.6) is 5.75 Å². The predicted molar refractivity (Wildman–Crippen MR) is 105 cm³/mol. The highest BCUT2D eigenvalue weighted by atomic mass is 16.5. The molecule has 0 unspecified atom stereocenters. The summed E-state index contributed by atoms with van der Waals surface area (Å²) in [5.41, 5.74) is 2.03. The van der Waals surface area contributed by atoms with E-state index in [0.29, 0.717) is 18.8 Å². The van der Waals surface area contributed by atoms with Crippen LogP contribution in [0.2, 0.25) is 0 Å². The van der Waals surface area contributed by atoms with E-state index < -0.39 is 0 Å². The van der Waals surface area contributed by atoms with Crippen LogP contribution in [0.3, 0.4) is 0 Å². The number of hydrogen-bond donors (Lipinski definition) is 2. The number of carbonyl (C=O) groups excluding carboxylic acids is 1. The topological polar surface area (TPSA) is 68.2 Å². The Bertz CT molecular complexity index is 911. The number of urea groups is 1. The largest absolute Gasteiger partial charge is 0.481 e. The average Bonchev–Trinajstić information content (AvgIpc) is 3.16. The lowest BCUT2D eigenvalue weighted by Crippen LogP contribution is -2.30. The van der Waals surface area contributed by atoms with Crippen molar-refractivity contribution in [1.82, 2.24) is 15.1 Å². The smallest absolute Gasteiger partial charge is 0.320 e. The van der Waals surface area contributed by atoms with Crippen LogP contribution in [0, 0.1) is 12.3 Å². The van der Waals surface area contributed by atoms with Crippen LogP contribution in [0.1, 0.15) is 5.56 Å². The van der Waals surface area contributed by atoms with Crippen LogP contribution < -0.4 is 15.4 Å². The Balaban J connectivity index is 1.44. The summed E-state index contributed by atoms with van der Waals surface area (Å²) in [5, 5.41) is 9.89. The molecule has 0 radical (unpaired) electrons. The van der Waals surface area contributed by atoms with Gasteiger partial charge in [0.05, 0.1) is 5.69 Å². The van der Waals surface area contributed by atoms with E-state index >= 15 is 0 Å². The van der Waals surface area contributed by atoms with Crippen LogP contribution in [0.25, 0.3) is 5.69 Å². The molecule has 136 valence electrons. The van der Waals surface area contributed by atoms with Gasteiger partial charge in [0.1, 0.15) is 12.4 Å². The normalized spacial score (nSPS) is 10.0. The van der Waals surface area contributed by atoms with Crippen LogP contribution in [-0.2, 0) is 6.42 Å². The zero-order chi connectivity index (χ0) is 18.9. The van der Waals surface area contributed by atoms with E-state index in [1.807, 2.05) is 54.6 Å². The predicted octanol–water partition coefficient (Wildman–Crippen LogP) is 3.25. The summed E-state index contributed by atoms with van der Waals surface area (Å²) in [6, 6.07) is 18.8. The lowest BCUT2D eigenvalue weighted by atomic mass is 10.1. The summed E-state index contributed by atoms with van der Waals surface area (Å²) in [7, 11) is 0. The van der Waals surface area contributed by atoms with Crippen LogP contribution >= 0.6 is 0 Å². The van der Waals surface area contributed by atoms with Gasteiger partial charge in [-0.15, -0.1) is 11.5 Å². The van der Waals surface area contributed by atoms with Crippen molar-refractivity contribution in [3.63, 3.8) is 0 Å². The zero-order valence-electron chi connectivity index (χ0n) is 14.8. The standard InChI is InChI=1S/C21H20N4O2/c1-2-16-27-19-10-8-17(9-11-19)12-14-22-21(26)23-20-13-15-25(24-20)18-6-4-3-5-7-18/h1,3-11,13,15H,12,14,16H2,(H2,22,23,24,26). The maximum atomic E-state index is 12.0. The van der Waals surface area contributed by atoms with Gasteiger partial charge >= 0.3 is 6.03 Å². The number of nitrogens with zero attached hydrogens (tertiary/aromatic N) is 2. The lowest BCUT2D eigenvalue weighted by Gasteiger charge is -2.07. The van der Waals surface area contributed by atoms with Crippen molar-refractivity contribution < 1.29 is 9.53 Å². The van der Waals surface area contributed by atoms with Crippen molar-refractivity contribution in [3.8, 4) is 23.8 Å². The minimum absolute atomic E-state index is 0.251. The van der Waals surface area contributed by atoms with Gasteiger partial charge in [-0.1, -0.05) is 36.3 Å². The van der Waals surface area contributed by atoms with E-state index in [2.05, 4.69) is 21.7 Å². The van der Waals surface area contributed by atoms with E-state index in [-0.39, 0.29) is 12.6 Å². The number of para-hydroxylation sites is 1. The number of benzene rings is 2. The molecule has 0 aliphatic carbocycles. The van der Waals surface area contributed by atoms with Gasteiger partial charge in [-0.2, -0.15) is 0 Å². The molecular formula is C21H20N4O2. The highest BCUT2D eigenvalue weighted by Crippen LogP contribution is 2.12. The highest BCUT2D eigenvalue weighted by Gasteiger charge is 2.05. The Labute approximate surface area is 158 Å². The summed E-state index contributed by atoms with van der Waals surface area (Å²) >= 11 is 0. The average molecular weight is 360 g/mol. The third kappa shape index (κ3) is 5.38. The van der Waals surface area contributed by atoms with Crippen LogP contribution in [-0.4, -0.2) is 29.0 Å². The monoisotopic (exact) mass is 360 g/mol. The minimum Gasteiger partial charge on any atom is -0.481 e. The van der Waals surface area contributed by atoms with Gasteiger partial charge in [0.2, 0.25) is 0 Å². The Kier molecular flexibility index (Phi) is 6.10. The molecular weight excluding hydrogens is 340 g/mol. The Morgan fingerprint density at radius 1 is 1.11 bits per heavy atom. The molecule has 2 amide bonds. The van der Waals surface area contributed by atoms with Gasteiger partial charge in [0, 0.05) is 18.8 Å². The first kappa shape index (κ1) is 18.1. The number of hydrogen-bond acceptors (Lipinski definition) is 3. The van der Waals surface area contributed by atoms with E-state index in [4.69, 9.17) is 11.2 Å². The Morgan fingerprint density at radius 2 is 1.89 bits per heavy atom. The summed E-state index contributed by atoms with van der Waals surface area (Å²) in [6.07, 6.45) is 7.67. The van der Waals surface area contributed by atoms with Crippen molar-refractivity contribution in [2.24, 2.45) is 0 Å². The van der Waals surface area contributed by atoms with Crippen molar-refractivity contribution >= 4 is 11.8 Å². The molecule has 0 atom stereocenters. The molecule has 1 aromatic heterocycles. The number of aromatic nitrogens is 2. The number of ether oxygens (including phenoxy) is 1. The molecule has 3 aromatic rings. The van der Waals surface area contributed by atoms with Gasteiger partial charge in [0.15, 0.2) is 5.82 Å². The summed E-state index contributed by atoms with van der Waals surface area (Å²) in [5.74, 6) is 3.65. The second-order valence-corrected chi connectivity index (χ2v) is 5.75. The molecule has 0 fully saturated rings. The van der Waals surface area contributed by atoms with E-state index in [1.54, 1.807) is 16.9 Å². The minimum atomic E-state index is -0.290. The van der Waals surface area contributed by atoms with Gasteiger partial charge < -0.3 is 10.1 Å². The molecule has 1 heterocycles. The van der Waals surface area contributed by atoms with Crippen molar-refractivity contribution in [3.05, 3.63) is 72.4 Å². The number of rotatable bonds is 7. The van der Waals surface area contributed by atoms with Crippen molar-refractivity contribution in [1.29, 1.82) is 0 Å². The number of anilines is 1. The van der Waals surface area contributed by atoms with Gasteiger partial charge in [0.25, 0.3) is 0 Å². The molecule has 2 aromatic carbocycles. The first-order chi connectivity index (χ1) is 13.2. The summed E-state index contributed by atoms with van der Waals surface area (Å²) in [6.45, 7) is 0.761. The highest BCUT2D eigenvalue weighted by molar-refractivity contribution is 5.88. The lowest BCUT2D eigenvalue weighted by molar-refractivity contribution is 0.252. The molecule has 2 N–H and O–H groups in total. The molecule has 3 rings (SSSR count). The van der Waals surface area contributed by atoms with E-state index in [0.717, 1.165) is 17.0 Å². The fourth-order valence-corrected chi connectivity index (χ4v) is 2.47. The van der Waals surface area contributed by atoms with Gasteiger partial charge in [-0.05, 0) is 36.2 Å². The second kappa shape index (κ2) is 9.11. The molecule has 0 aliphatic rings. The SMILES string of the molecule is C#CCOc1ccc(CCNC(=O)Nc2ccn(-c3ccccc3)n2)cc1. The van der Waals surface area contributed by atoms with Crippen LogP contribution in [0.15, 0.2) is 66.9 Å². The molecule has 27 heavy (non-hydrogen) atoms. The second-order valence-electron chi connectivity index (χ2n) is 5.75. The first-order valence-corrected chi connectivity index (χ1v) is 8.56. The maximum absolute atomic E-state index is 12.0. The maximum Gasteiger partial charge on any atom is 0.320 e. The molecule has 0 bridgehead atoms. The molecule has 0 aliphatic heterocycles. The quantitative estimate of drug-likeness (QED) is 0.636. The summed E-state index contributed by atoms with van der Waals surface area (Å²) in [4.78, 5) is 12.0. The molecule has 0 saturated heterocycles. The van der Waals surface area contributed by atoms with Crippen molar-refractivity contribution in [2.45, 2.75) is 6.42 Å².